The first-order valence-electron chi connectivity index (χ1n) is 4.72. The van der Waals surface area contributed by atoms with E-state index in [2.05, 4.69) is 19.0 Å². The van der Waals surface area contributed by atoms with Gasteiger partial charge in [-0.05, 0) is 18.3 Å². The normalized spacial score (nSPS) is 44.7. The number of carbonyl (C=O) groups is 1. The molecule has 0 aromatic carbocycles. The predicted octanol–water partition coefficient (Wildman–Crippen LogP) is 1.84. The second-order valence-corrected chi connectivity index (χ2v) is 4.96. The molecule has 1 N–H and O–H groups in total. The van der Waals surface area contributed by atoms with Crippen LogP contribution in [0.5, 0.6) is 0 Å². The van der Waals surface area contributed by atoms with Crippen LogP contribution in [0.15, 0.2) is 5.16 Å². The molecule has 0 aromatic rings. The van der Waals surface area contributed by atoms with Crippen molar-refractivity contribution in [2.24, 2.45) is 21.9 Å². The highest BCUT2D eigenvalue weighted by atomic mass is 16.4. The molecule has 0 aromatic heterocycles. The van der Waals surface area contributed by atoms with E-state index in [9.17, 15) is 4.79 Å². The molecule has 72 valence electrons. The van der Waals surface area contributed by atoms with Gasteiger partial charge < -0.3 is 5.21 Å². The Morgan fingerprint density at radius 1 is 1.46 bits per heavy atom. The zero-order chi connectivity index (χ0) is 9.85. The maximum Gasteiger partial charge on any atom is 0.187 e. The zero-order valence-electron chi connectivity index (χ0n) is 8.29. The quantitative estimate of drug-likeness (QED) is 0.458. The summed E-state index contributed by atoms with van der Waals surface area (Å²) in [6, 6.07) is 0. The Hall–Kier alpha value is -0.860. The van der Waals surface area contributed by atoms with Crippen LogP contribution >= 0.6 is 0 Å². The van der Waals surface area contributed by atoms with Crippen LogP contribution in [-0.2, 0) is 4.79 Å². The highest BCUT2D eigenvalue weighted by molar-refractivity contribution is 6.45. The number of rotatable bonds is 0. The number of hydrogen-bond acceptors (Lipinski definition) is 3. The summed E-state index contributed by atoms with van der Waals surface area (Å²) >= 11 is 0. The van der Waals surface area contributed by atoms with Gasteiger partial charge in [0.1, 0.15) is 5.71 Å². The van der Waals surface area contributed by atoms with Gasteiger partial charge in [0.05, 0.1) is 0 Å². The maximum atomic E-state index is 11.8. The fourth-order valence-electron chi connectivity index (χ4n) is 2.94. The Balaban J connectivity index is 2.57. The van der Waals surface area contributed by atoms with Gasteiger partial charge in [0.15, 0.2) is 5.78 Å². The molecule has 2 aliphatic rings. The van der Waals surface area contributed by atoms with E-state index in [0.717, 1.165) is 12.8 Å². The van der Waals surface area contributed by atoms with E-state index in [1.165, 1.54) is 0 Å². The molecule has 2 saturated carbocycles. The lowest BCUT2D eigenvalue weighted by atomic mass is 9.70. The van der Waals surface area contributed by atoms with Gasteiger partial charge in [-0.25, -0.2) is 0 Å². The first kappa shape index (κ1) is 8.73. The molecule has 2 bridgehead atoms. The summed E-state index contributed by atoms with van der Waals surface area (Å²) in [6.45, 7) is 6.19. The average Bonchev–Trinajstić information content (AvgIpc) is 2.36. The Bertz CT molecular complexity index is 306. The number of Topliss-reactive ketones (excluding diaryl/α,β-unsaturated/α-hetero) is 1. The third-order valence-electron chi connectivity index (χ3n) is 4.40. The van der Waals surface area contributed by atoms with Gasteiger partial charge in [0.25, 0.3) is 0 Å². The lowest BCUT2D eigenvalue weighted by molar-refractivity contribution is -0.123. The first-order valence-corrected chi connectivity index (χ1v) is 4.72. The summed E-state index contributed by atoms with van der Waals surface area (Å²) < 4.78 is 0. The van der Waals surface area contributed by atoms with Crippen molar-refractivity contribution in [1.82, 2.24) is 0 Å². The maximum absolute atomic E-state index is 11.8. The third kappa shape index (κ3) is 0.713. The van der Waals surface area contributed by atoms with Crippen LogP contribution < -0.4 is 0 Å². The fraction of sp³-hybridized carbons (Fsp3) is 0.800. The van der Waals surface area contributed by atoms with Crippen molar-refractivity contribution in [3.8, 4) is 0 Å². The van der Waals surface area contributed by atoms with Crippen molar-refractivity contribution in [3.63, 3.8) is 0 Å². The summed E-state index contributed by atoms with van der Waals surface area (Å²) in [6.07, 6.45) is 1.91. The van der Waals surface area contributed by atoms with E-state index in [-0.39, 0.29) is 22.5 Å². The monoisotopic (exact) mass is 181 g/mol. The van der Waals surface area contributed by atoms with E-state index < -0.39 is 0 Å². The number of oxime groups is 1. The molecule has 2 aliphatic carbocycles. The molecular formula is C10H15NO2. The zero-order valence-corrected chi connectivity index (χ0v) is 8.29. The summed E-state index contributed by atoms with van der Waals surface area (Å²) in [5.74, 6) is 0.214. The van der Waals surface area contributed by atoms with Crippen molar-refractivity contribution < 1.29 is 10.0 Å². The van der Waals surface area contributed by atoms with Gasteiger partial charge in [-0.15, -0.1) is 0 Å². The van der Waals surface area contributed by atoms with E-state index in [1.807, 2.05) is 6.92 Å². The van der Waals surface area contributed by atoms with E-state index in [1.54, 1.807) is 0 Å². The minimum Gasteiger partial charge on any atom is -0.411 e. The molecular weight excluding hydrogens is 166 g/mol. The van der Waals surface area contributed by atoms with Gasteiger partial charge >= 0.3 is 0 Å². The van der Waals surface area contributed by atoms with E-state index in [0.29, 0.717) is 5.71 Å². The van der Waals surface area contributed by atoms with Crippen LogP contribution in [-0.4, -0.2) is 16.7 Å². The molecule has 0 saturated heterocycles. The topological polar surface area (TPSA) is 49.7 Å². The van der Waals surface area contributed by atoms with Gasteiger partial charge in [0, 0.05) is 11.3 Å². The van der Waals surface area contributed by atoms with Crippen LogP contribution in [0.3, 0.4) is 0 Å². The smallest absolute Gasteiger partial charge is 0.187 e. The number of carbonyl (C=O) groups excluding carboxylic acids is 1. The average molecular weight is 181 g/mol. The lowest BCUT2D eigenvalue weighted by Gasteiger charge is -2.31. The van der Waals surface area contributed by atoms with Gasteiger partial charge in [-0.1, -0.05) is 25.9 Å². The number of fused-ring (bicyclic) bond motifs is 2. The number of ketones is 1. The van der Waals surface area contributed by atoms with E-state index in [4.69, 9.17) is 5.21 Å². The van der Waals surface area contributed by atoms with Gasteiger partial charge in [-0.2, -0.15) is 0 Å². The van der Waals surface area contributed by atoms with Crippen molar-refractivity contribution in [3.05, 3.63) is 0 Å². The molecule has 2 fully saturated rings. The molecule has 13 heavy (non-hydrogen) atoms. The first-order chi connectivity index (χ1) is 5.95. The van der Waals surface area contributed by atoms with Crippen molar-refractivity contribution in [2.45, 2.75) is 33.6 Å². The lowest BCUT2D eigenvalue weighted by Crippen LogP contribution is -2.33. The Kier molecular flexibility index (Phi) is 1.44. The summed E-state index contributed by atoms with van der Waals surface area (Å²) in [5, 5.41) is 11.9. The van der Waals surface area contributed by atoms with E-state index >= 15 is 0 Å². The van der Waals surface area contributed by atoms with Crippen LogP contribution in [0.1, 0.15) is 33.6 Å². The molecule has 0 aliphatic heterocycles. The minimum atomic E-state index is -0.292. The number of hydrogen-bond donors (Lipinski definition) is 1. The predicted molar refractivity (Wildman–Crippen MR) is 48.8 cm³/mol. The Labute approximate surface area is 77.8 Å². The molecule has 0 radical (unpaired) electrons. The second kappa shape index (κ2) is 2.14. The van der Waals surface area contributed by atoms with Gasteiger partial charge in [-0.3, -0.25) is 4.79 Å². The summed E-state index contributed by atoms with van der Waals surface area (Å²) in [7, 11) is 0. The Morgan fingerprint density at radius 3 is 2.38 bits per heavy atom. The molecule has 3 heteroatoms. The molecule has 2 atom stereocenters. The largest absolute Gasteiger partial charge is 0.411 e. The van der Waals surface area contributed by atoms with Crippen molar-refractivity contribution in [1.29, 1.82) is 0 Å². The highest BCUT2D eigenvalue weighted by Gasteiger charge is 2.65. The second-order valence-electron chi connectivity index (χ2n) is 4.96. The highest BCUT2D eigenvalue weighted by Crippen LogP contribution is 2.62. The third-order valence-corrected chi connectivity index (χ3v) is 4.40. The standard InChI is InChI=1S/C10H15NO2/c1-9(2)6-4-5-10(9,3)8(12)7(6)11-13/h6,13H,4-5H2,1-3H3/b11-7-/t6-,10-/m0/s1. The summed E-state index contributed by atoms with van der Waals surface area (Å²) in [5.41, 5.74) is 0.0731. The SMILES string of the molecule is CC1(C)[C@H]2CC[C@@]1(C)C(=O)/C2=N\O. The van der Waals surface area contributed by atoms with Crippen molar-refractivity contribution >= 4 is 11.5 Å². The number of nitrogens with zero attached hydrogens (tertiary/aromatic N) is 1. The van der Waals surface area contributed by atoms with Crippen molar-refractivity contribution in [2.75, 3.05) is 0 Å². The van der Waals surface area contributed by atoms with Crippen LogP contribution in [0.2, 0.25) is 0 Å². The molecule has 0 unspecified atom stereocenters. The minimum absolute atomic E-state index is 0.0361. The van der Waals surface area contributed by atoms with Crippen LogP contribution in [0.4, 0.5) is 0 Å². The molecule has 0 heterocycles. The van der Waals surface area contributed by atoms with Gasteiger partial charge in [0.2, 0.25) is 0 Å². The fourth-order valence-corrected chi connectivity index (χ4v) is 2.94. The Morgan fingerprint density at radius 2 is 2.08 bits per heavy atom. The molecule has 2 rings (SSSR count). The molecule has 0 amide bonds. The summed E-state index contributed by atoms with van der Waals surface area (Å²) in [4.78, 5) is 11.8. The van der Waals surface area contributed by atoms with Crippen LogP contribution in [0, 0.1) is 16.7 Å². The molecule has 3 nitrogen and oxygen atoms in total. The van der Waals surface area contributed by atoms with Crippen LogP contribution in [0.25, 0.3) is 0 Å². The molecule has 0 spiro atoms.